The third-order valence-electron chi connectivity index (χ3n) is 4.94. The maximum Gasteiger partial charge on any atom is 0.0478 e. The van der Waals surface area contributed by atoms with Gasteiger partial charge in [-0.05, 0) is 38.1 Å². The molecule has 0 spiro atoms. The molecule has 2 saturated heterocycles. The molecule has 0 aliphatic carbocycles. The molecule has 0 aromatic carbocycles. The van der Waals surface area contributed by atoms with Crippen LogP contribution in [-0.4, -0.2) is 61.3 Å². The van der Waals surface area contributed by atoms with Crippen molar-refractivity contribution in [3.63, 3.8) is 0 Å². The van der Waals surface area contributed by atoms with E-state index in [4.69, 9.17) is 4.74 Å². The Morgan fingerprint density at radius 3 is 2.75 bits per heavy atom. The molecule has 2 heterocycles. The van der Waals surface area contributed by atoms with Crippen LogP contribution in [0.25, 0.3) is 0 Å². The zero-order valence-electron chi connectivity index (χ0n) is 13.8. The molecule has 2 fully saturated rings. The highest BCUT2D eigenvalue weighted by Gasteiger charge is 2.35. The highest BCUT2D eigenvalue weighted by molar-refractivity contribution is 4.91. The minimum atomic E-state index is 0.746. The van der Waals surface area contributed by atoms with Gasteiger partial charge in [-0.1, -0.05) is 27.2 Å². The fourth-order valence-corrected chi connectivity index (χ4v) is 3.77. The molecule has 2 unspecified atom stereocenters. The molecule has 0 bridgehead atoms. The maximum atomic E-state index is 5.64. The molecule has 20 heavy (non-hydrogen) atoms. The van der Waals surface area contributed by atoms with Gasteiger partial charge in [-0.3, -0.25) is 9.80 Å². The van der Waals surface area contributed by atoms with Crippen molar-refractivity contribution in [2.75, 3.05) is 39.4 Å². The summed E-state index contributed by atoms with van der Waals surface area (Å²) in [6, 6.07) is 1.57. The molecule has 0 aromatic heterocycles. The molecule has 2 atom stereocenters. The number of hydrogen-bond donors (Lipinski definition) is 0. The zero-order valence-corrected chi connectivity index (χ0v) is 13.8. The first-order valence-corrected chi connectivity index (χ1v) is 8.78. The van der Waals surface area contributed by atoms with Crippen LogP contribution in [-0.2, 0) is 4.74 Å². The Morgan fingerprint density at radius 2 is 2.00 bits per heavy atom. The van der Waals surface area contributed by atoms with Crippen molar-refractivity contribution in [3.05, 3.63) is 0 Å². The predicted molar refractivity (Wildman–Crippen MR) is 85.1 cm³/mol. The molecular weight excluding hydrogens is 248 g/mol. The summed E-state index contributed by atoms with van der Waals surface area (Å²) in [7, 11) is 0. The van der Waals surface area contributed by atoms with Gasteiger partial charge >= 0.3 is 0 Å². The monoisotopic (exact) mass is 282 g/mol. The van der Waals surface area contributed by atoms with E-state index in [-0.39, 0.29) is 0 Å². The molecule has 118 valence electrons. The minimum absolute atomic E-state index is 0.746. The van der Waals surface area contributed by atoms with E-state index < -0.39 is 0 Å². The number of ether oxygens (including phenoxy) is 1. The molecule has 3 heteroatoms. The lowest BCUT2D eigenvalue weighted by Crippen LogP contribution is -2.61. The molecule has 0 radical (unpaired) electrons. The van der Waals surface area contributed by atoms with Crippen molar-refractivity contribution < 1.29 is 4.74 Å². The Morgan fingerprint density at radius 1 is 1.15 bits per heavy atom. The summed E-state index contributed by atoms with van der Waals surface area (Å²) in [4.78, 5) is 5.52. The Kier molecular flexibility index (Phi) is 6.79. The first-order valence-electron chi connectivity index (χ1n) is 8.78. The molecule has 0 saturated carbocycles. The van der Waals surface area contributed by atoms with Crippen LogP contribution in [0.1, 0.15) is 52.9 Å². The number of rotatable bonds is 7. The fraction of sp³-hybridized carbons (Fsp3) is 1.00. The van der Waals surface area contributed by atoms with Crippen molar-refractivity contribution in [1.82, 2.24) is 9.80 Å². The number of nitrogens with zero attached hydrogens (tertiary/aromatic N) is 2. The first kappa shape index (κ1) is 16.3. The highest BCUT2D eigenvalue weighted by Crippen LogP contribution is 2.27. The molecule has 2 rings (SSSR count). The zero-order chi connectivity index (χ0) is 14.4. The Bertz CT molecular complexity index is 270. The SMILES string of the molecule is CCCOCCCN1CC2CCCCN2CC1C(C)C. The Hall–Kier alpha value is -0.120. The van der Waals surface area contributed by atoms with Crippen LogP contribution < -0.4 is 0 Å². The van der Waals surface area contributed by atoms with Gasteiger partial charge < -0.3 is 4.74 Å². The molecule has 0 amide bonds. The fourth-order valence-electron chi connectivity index (χ4n) is 3.77. The van der Waals surface area contributed by atoms with Gasteiger partial charge in [-0.25, -0.2) is 0 Å². The molecule has 3 nitrogen and oxygen atoms in total. The van der Waals surface area contributed by atoms with Gasteiger partial charge in [0.1, 0.15) is 0 Å². The number of piperazine rings is 1. The van der Waals surface area contributed by atoms with Crippen molar-refractivity contribution in [3.8, 4) is 0 Å². The summed E-state index contributed by atoms with van der Waals surface area (Å²) in [5, 5.41) is 0. The van der Waals surface area contributed by atoms with E-state index in [1.54, 1.807) is 0 Å². The lowest BCUT2D eigenvalue weighted by Gasteiger charge is -2.50. The number of fused-ring (bicyclic) bond motifs is 1. The molecule has 0 aromatic rings. The van der Waals surface area contributed by atoms with E-state index in [1.807, 2.05) is 0 Å². The van der Waals surface area contributed by atoms with Crippen LogP contribution in [0.3, 0.4) is 0 Å². The Balaban J connectivity index is 1.81. The summed E-state index contributed by atoms with van der Waals surface area (Å²) in [5.41, 5.74) is 0. The van der Waals surface area contributed by atoms with Crippen molar-refractivity contribution >= 4 is 0 Å². The van der Waals surface area contributed by atoms with Gasteiger partial charge in [0, 0.05) is 44.9 Å². The topological polar surface area (TPSA) is 15.7 Å². The second kappa shape index (κ2) is 8.35. The summed E-state index contributed by atoms with van der Waals surface area (Å²) < 4.78 is 5.64. The second-order valence-corrected chi connectivity index (χ2v) is 6.92. The number of hydrogen-bond acceptors (Lipinski definition) is 3. The van der Waals surface area contributed by atoms with Crippen molar-refractivity contribution in [2.45, 2.75) is 65.0 Å². The van der Waals surface area contributed by atoms with E-state index in [1.165, 1.54) is 51.9 Å². The smallest absolute Gasteiger partial charge is 0.0478 e. The van der Waals surface area contributed by atoms with Gasteiger partial charge in [0.25, 0.3) is 0 Å². The summed E-state index contributed by atoms with van der Waals surface area (Å²) in [6.07, 6.45) is 6.58. The quantitative estimate of drug-likeness (QED) is 0.668. The third-order valence-corrected chi connectivity index (χ3v) is 4.94. The molecule has 2 aliphatic heterocycles. The molecule has 2 aliphatic rings. The summed E-state index contributed by atoms with van der Waals surface area (Å²) in [5.74, 6) is 0.759. The van der Waals surface area contributed by atoms with Crippen molar-refractivity contribution in [2.24, 2.45) is 5.92 Å². The van der Waals surface area contributed by atoms with Crippen LogP contribution in [0.2, 0.25) is 0 Å². The largest absolute Gasteiger partial charge is 0.381 e. The molecular formula is C17H34N2O. The predicted octanol–water partition coefficient (Wildman–Crippen LogP) is 3.00. The lowest BCUT2D eigenvalue weighted by atomic mass is 9.92. The van der Waals surface area contributed by atoms with E-state index in [0.717, 1.165) is 37.6 Å². The van der Waals surface area contributed by atoms with E-state index in [9.17, 15) is 0 Å². The molecule has 0 N–H and O–H groups in total. The Labute approximate surface area is 125 Å². The van der Waals surface area contributed by atoms with Gasteiger partial charge in [-0.15, -0.1) is 0 Å². The maximum absolute atomic E-state index is 5.64. The number of piperidine rings is 1. The van der Waals surface area contributed by atoms with E-state index >= 15 is 0 Å². The average molecular weight is 282 g/mol. The van der Waals surface area contributed by atoms with E-state index in [0.29, 0.717) is 0 Å². The first-order chi connectivity index (χ1) is 9.72. The standard InChI is InChI=1S/C17H34N2O/c1-4-11-20-12-7-10-19-13-16-8-5-6-9-18(16)14-17(19)15(2)3/h15-17H,4-14H2,1-3H3. The normalized spacial score (nSPS) is 28.8. The van der Waals surface area contributed by atoms with Gasteiger partial charge in [0.05, 0.1) is 0 Å². The van der Waals surface area contributed by atoms with Gasteiger partial charge in [0.15, 0.2) is 0 Å². The lowest BCUT2D eigenvalue weighted by molar-refractivity contribution is -0.0115. The average Bonchev–Trinajstić information content (AvgIpc) is 2.46. The van der Waals surface area contributed by atoms with Crippen LogP contribution in [0.5, 0.6) is 0 Å². The van der Waals surface area contributed by atoms with Gasteiger partial charge in [0.2, 0.25) is 0 Å². The third kappa shape index (κ3) is 4.44. The van der Waals surface area contributed by atoms with Crippen molar-refractivity contribution in [1.29, 1.82) is 0 Å². The van der Waals surface area contributed by atoms with Crippen LogP contribution in [0.15, 0.2) is 0 Å². The highest BCUT2D eigenvalue weighted by atomic mass is 16.5. The second-order valence-electron chi connectivity index (χ2n) is 6.92. The summed E-state index contributed by atoms with van der Waals surface area (Å²) >= 11 is 0. The van der Waals surface area contributed by atoms with Crippen LogP contribution in [0.4, 0.5) is 0 Å². The van der Waals surface area contributed by atoms with Crippen LogP contribution in [0, 0.1) is 5.92 Å². The summed E-state index contributed by atoms with van der Waals surface area (Å²) in [6.45, 7) is 13.9. The van der Waals surface area contributed by atoms with Gasteiger partial charge in [-0.2, -0.15) is 0 Å². The van der Waals surface area contributed by atoms with E-state index in [2.05, 4.69) is 30.6 Å². The van der Waals surface area contributed by atoms with Crippen LogP contribution >= 0.6 is 0 Å². The minimum Gasteiger partial charge on any atom is -0.381 e.